The van der Waals surface area contributed by atoms with Crippen LogP contribution in [-0.4, -0.2) is 32.9 Å². The summed E-state index contributed by atoms with van der Waals surface area (Å²) in [6, 6.07) is 3.70. The topological polar surface area (TPSA) is 92.2 Å². The number of amides is 1. The fraction of sp³-hybridized carbons (Fsp3) is 0.273. The molecular weight excluding hydrogens is 318 g/mol. The van der Waals surface area contributed by atoms with Crippen LogP contribution in [0.1, 0.15) is 21.5 Å². The maximum absolute atomic E-state index is 12.0. The second-order valence-corrected chi connectivity index (χ2v) is 7.00. The summed E-state index contributed by atoms with van der Waals surface area (Å²) in [5, 5.41) is 19.2. The first-order chi connectivity index (χ1) is 9.58. The van der Waals surface area contributed by atoms with Crippen LogP contribution in [0.25, 0.3) is 0 Å². The van der Waals surface area contributed by atoms with Crippen molar-refractivity contribution in [2.45, 2.75) is 17.7 Å². The number of anilines is 1. The van der Waals surface area contributed by atoms with Gasteiger partial charge in [-0.05, 0) is 18.6 Å². The number of thioether (sulfide) groups is 1. The average Bonchev–Trinajstić information content (AvgIpc) is 3.05. The van der Waals surface area contributed by atoms with E-state index in [1.165, 1.54) is 11.3 Å². The van der Waals surface area contributed by atoms with Crippen molar-refractivity contribution in [3.8, 4) is 0 Å². The summed E-state index contributed by atoms with van der Waals surface area (Å²) in [5.41, 5.74) is 0. The molecule has 9 heteroatoms. The maximum atomic E-state index is 12.0. The van der Waals surface area contributed by atoms with Gasteiger partial charge in [-0.3, -0.25) is 14.9 Å². The molecule has 1 amide bonds. The largest absolute Gasteiger partial charge is 0.481 e. The van der Waals surface area contributed by atoms with Gasteiger partial charge in [-0.1, -0.05) is 30.0 Å². The van der Waals surface area contributed by atoms with Gasteiger partial charge in [0.05, 0.1) is 10.6 Å². The Morgan fingerprint density at radius 1 is 1.35 bits per heavy atom. The highest BCUT2D eigenvalue weighted by atomic mass is 32.2. The second-order valence-electron chi connectivity index (χ2n) is 3.63. The zero-order valence-electron chi connectivity index (χ0n) is 10.5. The lowest BCUT2D eigenvalue weighted by Crippen LogP contribution is -2.09. The summed E-state index contributed by atoms with van der Waals surface area (Å²) in [6.07, 6.45) is 0.896. The molecule has 2 heterocycles. The van der Waals surface area contributed by atoms with E-state index in [0.29, 0.717) is 14.3 Å². The third-order valence-electron chi connectivity index (χ3n) is 2.18. The summed E-state index contributed by atoms with van der Waals surface area (Å²) in [5.74, 6) is -1.21. The highest BCUT2D eigenvalue weighted by Crippen LogP contribution is 2.26. The first kappa shape index (κ1) is 14.9. The van der Waals surface area contributed by atoms with Crippen molar-refractivity contribution in [2.24, 2.45) is 0 Å². The summed E-state index contributed by atoms with van der Waals surface area (Å²) < 4.78 is 0.517. The average molecular weight is 329 g/mol. The molecule has 0 saturated carbocycles. The quantitative estimate of drug-likeness (QED) is 0.625. The van der Waals surface area contributed by atoms with E-state index >= 15 is 0 Å². The van der Waals surface area contributed by atoms with E-state index in [9.17, 15) is 9.59 Å². The number of aryl methyl sites for hydroxylation is 1. The van der Waals surface area contributed by atoms with Gasteiger partial charge >= 0.3 is 5.97 Å². The molecule has 0 bridgehead atoms. The lowest BCUT2D eigenvalue weighted by atomic mass is 10.3. The number of rotatable bonds is 6. The zero-order chi connectivity index (χ0) is 14.5. The first-order valence-electron chi connectivity index (χ1n) is 5.66. The van der Waals surface area contributed by atoms with Gasteiger partial charge < -0.3 is 5.11 Å². The Bertz CT molecular complexity index is 623. The smallest absolute Gasteiger partial charge is 0.313 e. The minimum Gasteiger partial charge on any atom is -0.481 e. The predicted molar refractivity (Wildman–Crippen MR) is 79.9 cm³/mol. The van der Waals surface area contributed by atoms with Crippen LogP contribution in [0.3, 0.4) is 0 Å². The van der Waals surface area contributed by atoms with Crippen molar-refractivity contribution < 1.29 is 14.7 Å². The lowest BCUT2D eigenvalue weighted by Gasteiger charge is -1.96. The Morgan fingerprint density at radius 3 is 2.80 bits per heavy atom. The second kappa shape index (κ2) is 6.82. The molecule has 0 radical (unpaired) electrons. The number of hydrogen-bond donors (Lipinski definition) is 2. The first-order valence-corrected chi connectivity index (χ1v) is 8.28. The third-order valence-corrected chi connectivity index (χ3v) is 5.37. The molecule has 0 aliphatic rings. The molecular formula is C11H11N3O3S3. The van der Waals surface area contributed by atoms with Crippen molar-refractivity contribution in [3.05, 3.63) is 21.9 Å². The Hall–Kier alpha value is -1.45. The van der Waals surface area contributed by atoms with Crippen LogP contribution >= 0.6 is 34.4 Å². The minimum atomic E-state index is -0.915. The molecule has 0 atom stereocenters. The van der Waals surface area contributed by atoms with Crippen molar-refractivity contribution in [2.75, 3.05) is 11.1 Å². The van der Waals surface area contributed by atoms with Gasteiger partial charge in [0.2, 0.25) is 5.13 Å². The Balaban J connectivity index is 1.95. The molecule has 0 fully saturated rings. The maximum Gasteiger partial charge on any atom is 0.313 e. The van der Waals surface area contributed by atoms with Crippen molar-refractivity contribution in [1.82, 2.24) is 10.2 Å². The van der Waals surface area contributed by atoms with E-state index in [1.807, 2.05) is 13.0 Å². The molecule has 2 rings (SSSR count). The number of carbonyl (C=O) groups excluding carboxylic acids is 1. The molecule has 0 aliphatic heterocycles. The van der Waals surface area contributed by atoms with Crippen molar-refractivity contribution in [3.63, 3.8) is 0 Å². The van der Waals surface area contributed by atoms with Gasteiger partial charge in [0.25, 0.3) is 5.91 Å². The normalized spacial score (nSPS) is 10.4. The van der Waals surface area contributed by atoms with Crippen LogP contribution < -0.4 is 5.32 Å². The number of carboxylic acid groups (broad SMARTS) is 1. The summed E-state index contributed by atoms with van der Waals surface area (Å²) in [7, 11) is 0. The molecule has 0 unspecified atom stereocenters. The number of nitrogens with one attached hydrogen (secondary N) is 1. The molecule has 2 aromatic heterocycles. The van der Waals surface area contributed by atoms with E-state index in [4.69, 9.17) is 5.11 Å². The third kappa shape index (κ3) is 4.02. The van der Waals surface area contributed by atoms with Gasteiger partial charge in [0.15, 0.2) is 4.34 Å². The van der Waals surface area contributed by atoms with Crippen LogP contribution in [0.2, 0.25) is 0 Å². The summed E-state index contributed by atoms with van der Waals surface area (Å²) >= 11 is 3.68. The van der Waals surface area contributed by atoms with Crippen LogP contribution in [0.5, 0.6) is 0 Å². The molecule has 0 saturated heterocycles. The molecule has 20 heavy (non-hydrogen) atoms. The number of carbonyl (C=O) groups is 2. The number of aromatic nitrogens is 2. The number of aliphatic carboxylic acids is 1. The van der Waals surface area contributed by atoms with E-state index in [-0.39, 0.29) is 11.7 Å². The van der Waals surface area contributed by atoms with Gasteiger partial charge in [0, 0.05) is 4.88 Å². The predicted octanol–water partition coefficient (Wildman–Crippen LogP) is 2.59. The minimum absolute atomic E-state index is 0.0760. The SMILES string of the molecule is CCc1ccc(C(=O)Nc2nnc(SCC(=O)O)s2)s1. The van der Waals surface area contributed by atoms with Gasteiger partial charge in [0.1, 0.15) is 0 Å². The Labute approximate surface area is 127 Å². The molecule has 6 nitrogen and oxygen atoms in total. The fourth-order valence-electron chi connectivity index (χ4n) is 1.29. The Morgan fingerprint density at radius 2 is 2.15 bits per heavy atom. The van der Waals surface area contributed by atoms with Gasteiger partial charge in [-0.2, -0.15) is 0 Å². The fourth-order valence-corrected chi connectivity index (χ4v) is 3.60. The van der Waals surface area contributed by atoms with Gasteiger partial charge in [-0.15, -0.1) is 21.5 Å². The van der Waals surface area contributed by atoms with Crippen LogP contribution in [-0.2, 0) is 11.2 Å². The molecule has 0 spiro atoms. The number of carboxylic acids is 1. The summed E-state index contributed by atoms with van der Waals surface area (Å²) in [4.78, 5) is 24.2. The van der Waals surface area contributed by atoms with E-state index in [0.717, 1.165) is 34.4 Å². The number of nitrogens with zero attached hydrogens (tertiary/aromatic N) is 2. The highest BCUT2D eigenvalue weighted by molar-refractivity contribution is 8.01. The van der Waals surface area contributed by atoms with Gasteiger partial charge in [-0.25, -0.2) is 0 Å². The number of hydrogen-bond acceptors (Lipinski definition) is 7. The van der Waals surface area contributed by atoms with Crippen LogP contribution in [0, 0.1) is 0 Å². The summed E-state index contributed by atoms with van der Waals surface area (Å²) in [6.45, 7) is 2.03. The monoisotopic (exact) mass is 329 g/mol. The van der Waals surface area contributed by atoms with Crippen LogP contribution in [0.4, 0.5) is 5.13 Å². The molecule has 0 aromatic carbocycles. The lowest BCUT2D eigenvalue weighted by molar-refractivity contribution is -0.133. The number of thiophene rings is 1. The molecule has 2 N–H and O–H groups in total. The molecule has 106 valence electrons. The molecule has 0 aliphatic carbocycles. The van der Waals surface area contributed by atoms with E-state index < -0.39 is 5.97 Å². The highest BCUT2D eigenvalue weighted by Gasteiger charge is 2.13. The van der Waals surface area contributed by atoms with Crippen molar-refractivity contribution >= 4 is 51.4 Å². The van der Waals surface area contributed by atoms with Crippen LogP contribution in [0.15, 0.2) is 16.5 Å². The Kier molecular flexibility index (Phi) is 5.10. The standard InChI is InChI=1S/C11H11N3O3S3/c1-2-6-3-4-7(19-6)9(17)12-10-13-14-11(20-10)18-5-8(15)16/h3-4H,2,5H2,1H3,(H,15,16)(H,12,13,17). The van der Waals surface area contributed by atoms with E-state index in [2.05, 4.69) is 15.5 Å². The van der Waals surface area contributed by atoms with Crippen molar-refractivity contribution in [1.29, 1.82) is 0 Å². The molecule has 2 aromatic rings. The zero-order valence-corrected chi connectivity index (χ0v) is 12.9. The van der Waals surface area contributed by atoms with E-state index in [1.54, 1.807) is 6.07 Å².